The van der Waals surface area contributed by atoms with E-state index in [4.69, 9.17) is 0 Å². The minimum absolute atomic E-state index is 0.0540. The molecule has 42 heavy (non-hydrogen) atoms. The van der Waals surface area contributed by atoms with Crippen LogP contribution in [0.15, 0.2) is 85.1 Å². The van der Waals surface area contributed by atoms with Crippen molar-refractivity contribution in [2.75, 3.05) is 13.2 Å². The minimum Gasteiger partial charge on any atom is -0.480 e. The second-order valence-electron chi connectivity index (χ2n) is 9.28. The normalized spacial score (nSPS) is 13.0. The van der Waals surface area contributed by atoms with Crippen molar-refractivity contribution in [3.63, 3.8) is 0 Å². The Kier molecular flexibility index (Phi) is 25.9. The van der Waals surface area contributed by atoms with Crippen molar-refractivity contribution in [1.82, 2.24) is 10.6 Å². The number of hydrogen-bond donors (Lipinski definition) is 3. The predicted octanol–water partition coefficient (Wildman–Crippen LogP) is 6.44. The molecule has 0 aromatic carbocycles. The molecule has 0 saturated carbocycles. The molecule has 0 heterocycles. The van der Waals surface area contributed by atoms with E-state index in [0.29, 0.717) is 32.2 Å². The molecule has 0 aliphatic carbocycles. The quantitative estimate of drug-likeness (QED) is 0.0521. The third-order valence-electron chi connectivity index (χ3n) is 5.65. The summed E-state index contributed by atoms with van der Waals surface area (Å²) in [6.07, 6.45) is 35.7. The number of hydrogen-bond acceptors (Lipinski definition) is 5. The summed E-state index contributed by atoms with van der Waals surface area (Å²) in [5, 5.41) is 14.5. The first-order valence-electron chi connectivity index (χ1n) is 14.9. The molecule has 0 saturated heterocycles. The summed E-state index contributed by atoms with van der Waals surface area (Å²) in [4.78, 5) is 46.4. The summed E-state index contributed by atoms with van der Waals surface area (Å²) < 4.78 is 4.67. The molecular formula is C34H50N2O6. The maximum Gasteiger partial charge on any atom is 0.330 e. The Labute approximate surface area is 252 Å². The van der Waals surface area contributed by atoms with E-state index in [1.54, 1.807) is 6.92 Å². The van der Waals surface area contributed by atoms with Crippen LogP contribution >= 0.6 is 0 Å². The zero-order valence-electron chi connectivity index (χ0n) is 25.3. The number of carboxylic acids is 1. The molecule has 1 atom stereocenters. The van der Waals surface area contributed by atoms with Crippen molar-refractivity contribution in [2.24, 2.45) is 0 Å². The fourth-order valence-corrected chi connectivity index (χ4v) is 3.46. The summed E-state index contributed by atoms with van der Waals surface area (Å²) in [7, 11) is 0. The van der Waals surface area contributed by atoms with E-state index in [-0.39, 0.29) is 18.9 Å². The fourth-order valence-electron chi connectivity index (χ4n) is 3.46. The van der Waals surface area contributed by atoms with Gasteiger partial charge in [-0.3, -0.25) is 9.59 Å². The number of aliphatic carboxylic acids is 1. The molecule has 0 aromatic rings. The first-order chi connectivity index (χ1) is 20.4. The predicted molar refractivity (Wildman–Crippen MR) is 170 cm³/mol. The summed E-state index contributed by atoms with van der Waals surface area (Å²) in [5.74, 6) is -2.57. The summed E-state index contributed by atoms with van der Waals surface area (Å²) >= 11 is 0. The molecule has 0 aliphatic heterocycles. The van der Waals surface area contributed by atoms with Crippen LogP contribution in [0.3, 0.4) is 0 Å². The number of allylic oxidation sites excluding steroid dienone is 12. The van der Waals surface area contributed by atoms with Gasteiger partial charge in [0.15, 0.2) is 0 Å². The Morgan fingerprint density at radius 3 is 1.74 bits per heavy atom. The first kappa shape index (κ1) is 38.1. The standard InChI is InChI=1S/C34H50N2O6/c1-3-5-6-7-8-9-10-11-12-13-14-15-16-17-18-19-20-21-22-26-31(37)35-29-24-23-25-30(34(40)41)36-32(38)27-28-33(39)42-4-2/h5-6,8-9,11-12,14-15,17-18,20-21,27-28,30H,3-4,7,10,13,16,19,22-26,29H2,1-2H3,(H,35,37)(H,36,38)(H,40,41). The van der Waals surface area contributed by atoms with E-state index < -0.39 is 23.9 Å². The molecule has 8 heteroatoms. The van der Waals surface area contributed by atoms with Gasteiger partial charge in [-0.2, -0.15) is 0 Å². The Balaban J connectivity index is 3.87. The first-order valence-corrected chi connectivity index (χ1v) is 14.9. The zero-order valence-corrected chi connectivity index (χ0v) is 25.3. The topological polar surface area (TPSA) is 122 Å². The number of amides is 2. The van der Waals surface area contributed by atoms with E-state index in [0.717, 1.165) is 50.7 Å². The molecule has 1 unspecified atom stereocenters. The lowest BCUT2D eigenvalue weighted by Crippen LogP contribution is -2.40. The lowest BCUT2D eigenvalue weighted by Gasteiger charge is -2.13. The van der Waals surface area contributed by atoms with Crippen molar-refractivity contribution in [3.8, 4) is 0 Å². The molecule has 0 radical (unpaired) electrons. The molecule has 0 aromatic heterocycles. The maximum absolute atomic E-state index is 12.0. The molecule has 8 nitrogen and oxygen atoms in total. The van der Waals surface area contributed by atoms with E-state index in [1.165, 1.54) is 0 Å². The zero-order chi connectivity index (χ0) is 31.1. The van der Waals surface area contributed by atoms with Crippen LogP contribution in [0.25, 0.3) is 0 Å². The molecule has 0 rings (SSSR count). The molecule has 0 bridgehead atoms. The average molecular weight is 583 g/mol. The number of ether oxygens (including phenoxy) is 1. The number of carbonyl (C=O) groups excluding carboxylic acids is 3. The van der Waals surface area contributed by atoms with Crippen molar-refractivity contribution in [2.45, 2.75) is 90.5 Å². The van der Waals surface area contributed by atoms with Gasteiger partial charge >= 0.3 is 11.9 Å². The van der Waals surface area contributed by atoms with Gasteiger partial charge in [0.25, 0.3) is 0 Å². The van der Waals surface area contributed by atoms with E-state index in [1.807, 2.05) is 12.2 Å². The van der Waals surface area contributed by atoms with Crippen LogP contribution in [0.2, 0.25) is 0 Å². The number of carbonyl (C=O) groups is 4. The van der Waals surface area contributed by atoms with Gasteiger partial charge in [-0.1, -0.05) is 79.8 Å². The van der Waals surface area contributed by atoms with Gasteiger partial charge < -0.3 is 20.5 Å². The molecule has 0 aliphatic rings. The van der Waals surface area contributed by atoms with Gasteiger partial charge in [0.2, 0.25) is 11.8 Å². The minimum atomic E-state index is -1.16. The largest absolute Gasteiger partial charge is 0.480 e. The van der Waals surface area contributed by atoms with Crippen LogP contribution in [0.1, 0.15) is 84.5 Å². The van der Waals surface area contributed by atoms with Gasteiger partial charge in [-0.15, -0.1) is 0 Å². The van der Waals surface area contributed by atoms with Crippen LogP contribution in [0.4, 0.5) is 0 Å². The lowest BCUT2D eigenvalue weighted by molar-refractivity contribution is -0.141. The SMILES string of the molecule is CCC=CCC=CCC=CCC=CCC=CCC=CCCC(=O)NCCCCC(NC(=O)C=CC(=O)OCC)C(=O)O. The Hall–Kier alpha value is -3.94. The van der Waals surface area contributed by atoms with Gasteiger partial charge in [0.1, 0.15) is 6.04 Å². The highest BCUT2D eigenvalue weighted by atomic mass is 16.5. The summed E-state index contributed by atoms with van der Waals surface area (Å²) in [6, 6.07) is -1.08. The van der Waals surface area contributed by atoms with Crippen LogP contribution in [0, 0.1) is 0 Å². The van der Waals surface area contributed by atoms with E-state index >= 15 is 0 Å². The Morgan fingerprint density at radius 2 is 1.24 bits per heavy atom. The third kappa shape index (κ3) is 26.3. The highest BCUT2D eigenvalue weighted by Gasteiger charge is 2.18. The number of unbranched alkanes of at least 4 members (excludes halogenated alkanes) is 1. The third-order valence-corrected chi connectivity index (χ3v) is 5.65. The van der Waals surface area contributed by atoms with Crippen molar-refractivity contribution in [1.29, 1.82) is 0 Å². The maximum atomic E-state index is 12.0. The van der Waals surface area contributed by atoms with Crippen LogP contribution in [-0.2, 0) is 23.9 Å². The van der Waals surface area contributed by atoms with Crippen LogP contribution in [-0.4, -0.2) is 48.1 Å². The van der Waals surface area contributed by atoms with Crippen LogP contribution in [0.5, 0.6) is 0 Å². The number of esters is 1. The van der Waals surface area contributed by atoms with Crippen molar-refractivity contribution >= 4 is 23.8 Å². The van der Waals surface area contributed by atoms with E-state index in [2.05, 4.69) is 83.1 Å². The summed E-state index contributed by atoms with van der Waals surface area (Å²) in [6.45, 7) is 4.40. The van der Waals surface area contributed by atoms with Crippen LogP contribution < -0.4 is 10.6 Å². The molecule has 2 amide bonds. The molecule has 232 valence electrons. The van der Waals surface area contributed by atoms with Gasteiger partial charge in [0, 0.05) is 25.1 Å². The fraction of sp³-hybridized carbons (Fsp3) is 0.471. The Bertz CT molecular complexity index is 973. The average Bonchev–Trinajstić information content (AvgIpc) is 2.96. The number of nitrogens with one attached hydrogen (secondary N) is 2. The molecule has 3 N–H and O–H groups in total. The van der Waals surface area contributed by atoms with E-state index in [9.17, 15) is 24.3 Å². The van der Waals surface area contributed by atoms with Gasteiger partial charge in [-0.05, 0) is 71.1 Å². The number of carboxylic acid groups (broad SMARTS) is 1. The highest BCUT2D eigenvalue weighted by Crippen LogP contribution is 2.02. The second-order valence-corrected chi connectivity index (χ2v) is 9.28. The molecule has 0 fully saturated rings. The second kappa shape index (κ2) is 28.6. The number of rotatable bonds is 24. The lowest BCUT2D eigenvalue weighted by atomic mass is 10.1. The van der Waals surface area contributed by atoms with Crippen molar-refractivity contribution < 1.29 is 29.0 Å². The Morgan fingerprint density at radius 1 is 0.714 bits per heavy atom. The van der Waals surface area contributed by atoms with Crippen molar-refractivity contribution in [3.05, 3.63) is 85.1 Å². The molecule has 0 spiro atoms. The van der Waals surface area contributed by atoms with Gasteiger partial charge in [-0.25, -0.2) is 9.59 Å². The smallest absolute Gasteiger partial charge is 0.330 e. The highest BCUT2D eigenvalue weighted by molar-refractivity contribution is 5.96. The molecular weight excluding hydrogens is 532 g/mol. The monoisotopic (exact) mass is 582 g/mol. The van der Waals surface area contributed by atoms with Gasteiger partial charge in [0.05, 0.1) is 6.61 Å². The summed E-state index contributed by atoms with van der Waals surface area (Å²) in [5.41, 5.74) is 0.